The number of carbonyl (C=O) groups is 2. The van der Waals surface area contributed by atoms with Crippen LogP contribution in [0, 0.1) is 0 Å². The van der Waals surface area contributed by atoms with Crippen LogP contribution >= 0.6 is 35.9 Å². The molecule has 66 heavy (non-hydrogen) atoms. The molecule has 8 rings (SSSR count). The van der Waals surface area contributed by atoms with Gasteiger partial charge in [0.25, 0.3) is 17.0 Å². The molecule has 348 valence electrons. The highest BCUT2D eigenvalue weighted by molar-refractivity contribution is 7.98. The van der Waals surface area contributed by atoms with E-state index in [9.17, 15) is 19.2 Å². The van der Waals surface area contributed by atoms with Gasteiger partial charge in [-0.15, -0.1) is 12.4 Å². The zero-order chi connectivity index (χ0) is 46.0. The lowest BCUT2D eigenvalue weighted by Crippen LogP contribution is -2.38. The molecular formula is C50H57ClN6O7S2. The van der Waals surface area contributed by atoms with Crippen molar-refractivity contribution in [3.05, 3.63) is 176 Å². The van der Waals surface area contributed by atoms with Crippen molar-refractivity contribution in [3.63, 3.8) is 0 Å². The highest BCUT2D eigenvalue weighted by Gasteiger charge is 2.27. The lowest BCUT2D eigenvalue weighted by Gasteiger charge is -2.29. The Hall–Kier alpha value is -5.87. The zero-order valence-electron chi connectivity index (χ0n) is 37.0. The molecule has 0 atom stereocenters. The van der Waals surface area contributed by atoms with Gasteiger partial charge >= 0.3 is 5.97 Å². The van der Waals surface area contributed by atoms with Gasteiger partial charge < -0.3 is 25.6 Å². The Morgan fingerprint density at radius 3 is 1.41 bits per heavy atom. The van der Waals surface area contributed by atoms with E-state index in [2.05, 4.69) is 79.9 Å². The summed E-state index contributed by atoms with van der Waals surface area (Å²) < 4.78 is 11.1. The van der Waals surface area contributed by atoms with Crippen LogP contribution in [0.3, 0.4) is 0 Å². The Kier molecular flexibility index (Phi) is 20.4. The number of nitrogens with one attached hydrogen (secondary N) is 3. The highest BCUT2D eigenvalue weighted by atomic mass is 35.5. The van der Waals surface area contributed by atoms with Crippen LogP contribution in [0.1, 0.15) is 106 Å². The van der Waals surface area contributed by atoms with Gasteiger partial charge in [0.05, 0.1) is 0 Å². The maximum absolute atomic E-state index is 13.1. The minimum atomic E-state index is -1.30. The van der Waals surface area contributed by atoms with Crippen LogP contribution in [-0.4, -0.2) is 61.5 Å². The first-order chi connectivity index (χ1) is 31.6. The third-order valence-electron chi connectivity index (χ3n) is 11.3. The van der Waals surface area contributed by atoms with Crippen molar-refractivity contribution in [1.82, 2.24) is 25.3 Å². The monoisotopic (exact) mass is 952 g/mol. The van der Waals surface area contributed by atoms with Crippen LogP contribution in [0.5, 0.6) is 11.5 Å². The molecule has 0 spiro atoms. The molecule has 2 fully saturated rings. The number of aromatic carboxylic acids is 1. The molecule has 0 aliphatic heterocycles. The lowest BCUT2D eigenvalue weighted by atomic mass is 9.82. The fraction of sp³-hybridized carbons (Fsp3) is 0.320. The number of ether oxygens (including phenoxy) is 2. The van der Waals surface area contributed by atoms with Crippen LogP contribution in [0.2, 0.25) is 0 Å². The topological polar surface area (TPSA) is 202 Å². The molecule has 0 saturated heterocycles. The van der Waals surface area contributed by atoms with Gasteiger partial charge in [-0.05, 0) is 98.0 Å². The van der Waals surface area contributed by atoms with Crippen molar-refractivity contribution in [2.45, 2.75) is 98.8 Å². The number of benzene rings is 4. The van der Waals surface area contributed by atoms with E-state index in [-0.39, 0.29) is 65.6 Å². The summed E-state index contributed by atoms with van der Waals surface area (Å²) >= 11 is 2.43. The van der Waals surface area contributed by atoms with E-state index in [0.29, 0.717) is 17.1 Å². The second-order valence-corrected chi connectivity index (χ2v) is 17.4. The first-order valence-electron chi connectivity index (χ1n) is 21.7. The number of nitrogens with zero attached hydrogens (tertiary/aromatic N) is 2. The van der Waals surface area contributed by atoms with Crippen molar-refractivity contribution in [2.75, 3.05) is 12.5 Å². The van der Waals surface area contributed by atoms with Crippen molar-refractivity contribution >= 4 is 47.8 Å². The maximum atomic E-state index is 13.1. The zero-order valence-corrected chi connectivity index (χ0v) is 39.5. The molecule has 4 aromatic carbocycles. The molecule has 2 heterocycles. The summed E-state index contributed by atoms with van der Waals surface area (Å²) in [5.41, 5.74) is 9.08. The van der Waals surface area contributed by atoms with E-state index < -0.39 is 17.1 Å². The second-order valence-electron chi connectivity index (χ2n) is 15.8. The van der Waals surface area contributed by atoms with Gasteiger partial charge in [-0.1, -0.05) is 145 Å². The first-order valence-corrected chi connectivity index (χ1v) is 24.2. The number of thioether (sulfide) groups is 2. The summed E-state index contributed by atoms with van der Waals surface area (Å²) in [6, 6.07) is 40.5. The first kappa shape index (κ1) is 51.1. The van der Waals surface area contributed by atoms with E-state index in [1.54, 1.807) is 12.5 Å². The second kappa shape index (κ2) is 26.3. The number of H-pyrrole nitrogens is 2. The number of hydrogen-bond acceptors (Lipinski definition) is 11. The van der Waals surface area contributed by atoms with E-state index >= 15 is 0 Å². The number of hydrogen-bond donors (Lipinski definition) is 5. The Balaban J connectivity index is 0.000000204. The molecule has 2 aliphatic carbocycles. The molecule has 2 aliphatic rings. The number of aromatic amines is 2. The Bertz CT molecular complexity index is 2540. The van der Waals surface area contributed by atoms with Gasteiger partial charge in [0.1, 0.15) is 13.2 Å². The normalized spacial score (nSPS) is 17.6. The van der Waals surface area contributed by atoms with E-state index in [1.165, 1.54) is 48.6 Å². The van der Waals surface area contributed by atoms with Crippen molar-refractivity contribution in [1.29, 1.82) is 0 Å². The Labute approximate surface area is 399 Å². The molecule has 6 N–H and O–H groups in total. The predicted octanol–water partition coefficient (Wildman–Crippen LogP) is 9.39. The molecule has 1 amide bonds. The van der Waals surface area contributed by atoms with E-state index in [0.717, 1.165) is 54.5 Å². The summed E-state index contributed by atoms with van der Waals surface area (Å²) in [7, 11) is 0. The highest BCUT2D eigenvalue weighted by Crippen LogP contribution is 2.33. The molecule has 6 aromatic rings. The van der Waals surface area contributed by atoms with Gasteiger partial charge in [-0.25, -0.2) is 14.8 Å². The molecule has 0 unspecified atom stereocenters. The third-order valence-corrected chi connectivity index (χ3v) is 12.5. The van der Waals surface area contributed by atoms with Gasteiger partial charge in [-0.3, -0.25) is 24.4 Å². The largest absolute Gasteiger partial charge is 0.481 e. The van der Waals surface area contributed by atoms with Gasteiger partial charge in [-0.2, -0.15) is 0 Å². The van der Waals surface area contributed by atoms with E-state index in [4.69, 9.17) is 20.3 Å². The number of aromatic nitrogens is 4. The van der Waals surface area contributed by atoms with E-state index in [1.807, 2.05) is 66.7 Å². The summed E-state index contributed by atoms with van der Waals surface area (Å²) in [6.07, 6.45) is 12.2. The number of carboxylic acid groups (broad SMARTS) is 1. The number of amides is 1. The maximum Gasteiger partial charge on any atom is 0.358 e. The third kappa shape index (κ3) is 15.1. The summed E-state index contributed by atoms with van der Waals surface area (Å²) in [5, 5.41) is 12.8. The molecule has 0 bridgehead atoms. The number of carboxylic acids is 1. The Morgan fingerprint density at radius 2 is 1.00 bits per heavy atom. The van der Waals surface area contributed by atoms with Crippen molar-refractivity contribution in [3.8, 4) is 11.5 Å². The minimum Gasteiger partial charge on any atom is -0.481 e. The van der Waals surface area contributed by atoms with Gasteiger partial charge in [0.15, 0.2) is 21.7 Å². The standard InChI is InChI=1S/C25H27N3O3S.C13H12N2O4S.C12H17N.ClH/c1-32-25-27-21(22(24(30)28-25)31-16-17-8-4-2-5-9-17)23(29)26-20-14-12-19(13-15-20)18-10-6-3-7-11-18;1-20-13-14-9(12(17)18)10(11(16)15-13)19-7-8-5-3-2-4-6-8;13-12-8-6-11(7-9-12)10-4-2-1-3-5-10;/h2-11,19-20H,12-16H2,1H3,(H,26,29)(H,27,28,30);2-6H,7H2,1H3,(H,17,18)(H,14,15,16);1-5,11-12H,6-9,13H2;1H. The smallest absolute Gasteiger partial charge is 0.358 e. The van der Waals surface area contributed by atoms with Gasteiger partial charge in [0.2, 0.25) is 11.5 Å². The predicted molar refractivity (Wildman–Crippen MR) is 264 cm³/mol. The molecule has 2 saturated carbocycles. The van der Waals surface area contributed by atoms with Crippen LogP contribution in [-0.2, 0) is 13.2 Å². The fourth-order valence-corrected chi connectivity index (χ4v) is 8.59. The van der Waals surface area contributed by atoms with Crippen LogP contribution in [0.15, 0.2) is 141 Å². The quantitative estimate of drug-likeness (QED) is 0.0543. The minimum absolute atomic E-state index is 0. The van der Waals surface area contributed by atoms with Crippen LogP contribution in [0.4, 0.5) is 0 Å². The lowest BCUT2D eigenvalue weighted by molar-refractivity contribution is 0.0682. The van der Waals surface area contributed by atoms with Crippen LogP contribution < -0.4 is 31.6 Å². The molecule has 16 heteroatoms. The number of halogens is 1. The molecule has 0 radical (unpaired) electrons. The SMILES string of the molecule is CSc1nc(C(=O)NC2CCC(c3ccccc3)CC2)c(OCc2ccccc2)c(=O)[nH]1.CSc1nc(C(=O)O)c(OCc2ccccc2)c(=O)[nH]1.Cl.NC1CCC(c2ccccc2)CC1. The van der Waals surface area contributed by atoms with Crippen LogP contribution in [0.25, 0.3) is 0 Å². The Morgan fingerprint density at radius 1 is 0.621 bits per heavy atom. The summed E-state index contributed by atoms with van der Waals surface area (Å²) in [4.78, 5) is 62.1. The summed E-state index contributed by atoms with van der Waals surface area (Å²) in [5.74, 6) is -0.690. The van der Waals surface area contributed by atoms with Gasteiger partial charge in [0, 0.05) is 12.1 Å². The molecule has 13 nitrogen and oxygen atoms in total. The average Bonchev–Trinajstić information content (AvgIpc) is 3.34. The number of rotatable bonds is 13. The summed E-state index contributed by atoms with van der Waals surface area (Å²) in [6.45, 7) is 0.289. The number of nitrogens with two attached hydrogens (primary N) is 1. The molecular weight excluding hydrogens is 896 g/mol. The molecule has 2 aromatic heterocycles. The fourth-order valence-electron chi connectivity index (χ4n) is 7.83. The number of carbonyl (C=O) groups excluding carboxylic acids is 1. The van der Waals surface area contributed by atoms with Crippen molar-refractivity contribution in [2.24, 2.45) is 5.73 Å². The van der Waals surface area contributed by atoms with Crippen molar-refractivity contribution < 1.29 is 24.2 Å². The average molecular weight is 954 g/mol.